The number of pyridine rings is 1. The summed E-state index contributed by atoms with van der Waals surface area (Å²) in [4.78, 5) is 27.3. The first-order valence-electron chi connectivity index (χ1n) is 9.30. The van der Waals surface area contributed by atoms with Gasteiger partial charge in [0.05, 0.1) is 13.1 Å². The summed E-state index contributed by atoms with van der Waals surface area (Å²) in [5.41, 5.74) is 1.15. The third-order valence-corrected chi connectivity index (χ3v) is 4.98. The van der Waals surface area contributed by atoms with E-state index in [1.807, 2.05) is 29.6 Å². The molecule has 27 heavy (non-hydrogen) atoms. The number of imidazole rings is 1. The average Bonchev–Trinajstić information content (AvgIpc) is 3.39. The number of rotatable bonds is 6. The van der Waals surface area contributed by atoms with Gasteiger partial charge in [-0.1, -0.05) is 6.07 Å². The van der Waals surface area contributed by atoms with Gasteiger partial charge < -0.3 is 9.47 Å². The molecule has 1 fully saturated rings. The quantitative estimate of drug-likeness (QED) is 0.664. The molecule has 0 radical (unpaired) electrons. The summed E-state index contributed by atoms with van der Waals surface area (Å²) in [6.07, 6.45) is 13.1. The standard InChI is InChI=1S/C19H23N7O/c27-18(5-9-26-15-21-14-23-26)24-8-2-4-17(13-24)19-22-7-10-25(19)12-16-3-1-6-20-11-16/h1,3,6-7,10-11,14-15,17H,2,4-5,8-9,12-13H2/t17-/m1/s1. The van der Waals surface area contributed by atoms with E-state index in [2.05, 4.69) is 30.7 Å². The van der Waals surface area contributed by atoms with Crippen molar-refractivity contribution in [2.45, 2.75) is 38.3 Å². The van der Waals surface area contributed by atoms with Crippen LogP contribution in [-0.2, 0) is 17.9 Å². The van der Waals surface area contributed by atoms with Gasteiger partial charge in [-0.2, -0.15) is 5.10 Å². The van der Waals surface area contributed by atoms with Crippen LogP contribution in [-0.4, -0.2) is 53.2 Å². The van der Waals surface area contributed by atoms with Gasteiger partial charge in [-0.25, -0.2) is 9.97 Å². The second kappa shape index (κ2) is 8.11. The molecule has 3 aromatic heterocycles. The van der Waals surface area contributed by atoms with Crippen molar-refractivity contribution in [1.29, 1.82) is 0 Å². The number of carbonyl (C=O) groups excluding carboxylic acids is 1. The number of aryl methyl sites for hydroxylation is 1. The molecule has 4 heterocycles. The number of carbonyl (C=O) groups is 1. The Hall–Kier alpha value is -3.03. The topological polar surface area (TPSA) is 81.7 Å². The summed E-state index contributed by atoms with van der Waals surface area (Å²) in [5.74, 6) is 1.48. The van der Waals surface area contributed by atoms with Gasteiger partial charge in [0.15, 0.2) is 0 Å². The lowest BCUT2D eigenvalue weighted by atomic mass is 9.96. The maximum absolute atomic E-state index is 12.6. The van der Waals surface area contributed by atoms with Crippen molar-refractivity contribution >= 4 is 5.91 Å². The van der Waals surface area contributed by atoms with Crippen LogP contribution >= 0.6 is 0 Å². The van der Waals surface area contributed by atoms with Crippen LogP contribution in [0.2, 0.25) is 0 Å². The Morgan fingerprint density at radius 1 is 1.26 bits per heavy atom. The third kappa shape index (κ3) is 4.21. The van der Waals surface area contributed by atoms with Gasteiger partial charge >= 0.3 is 0 Å². The molecule has 0 unspecified atom stereocenters. The van der Waals surface area contributed by atoms with E-state index in [0.717, 1.165) is 43.9 Å². The minimum atomic E-state index is 0.167. The Morgan fingerprint density at radius 3 is 3.04 bits per heavy atom. The van der Waals surface area contributed by atoms with Crippen molar-refractivity contribution in [3.05, 3.63) is 61.0 Å². The van der Waals surface area contributed by atoms with Crippen LogP contribution in [0, 0.1) is 0 Å². The van der Waals surface area contributed by atoms with E-state index < -0.39 is 0 Å². The fourth-order valence-corrected chi connectivity index (χ4v) is 3.63. The van der Waals surface area contributed by atoms with Crippen molar-refractivity contribution in [1.82, 2.24) is 34.2 Å². The van der Waals surface area contributed by atoms with Crippen LogP contribution in [0.5, 0.6) is 0 Å². The predicted molar refractivity (Wildman–Crippen MR) is 98.8 cm³/mol. The molecule has 0 spiro atoms. The summed E-state index contributed by atoms with van der Waals surface area (Å²) >= 11 is 0. The maximum atomic E-state index is 12.6. The van der Waals surface area contributed by atoms with E-state index in [1.54, 1.807) is 17.2 Å². The van der Waals surface area contributed by atoms with Crippen molar-refractivity contribution in [3.8, 4) is 0 Å². The third-order valence-electron chi connectivity index (χ3n) is 4.98. The Bertz CT molecular complexity index is 859. The van der Waals surface area contributed by atoms with Crippen molar-refractivity contribution in [2.24, 2.45) is 0 Å². The highest BCUT2D eigenvalue weighted by Crippen LogP contribution is 2.26. The van der Waals surface area contributed by atoms with Gasteiger partial charge in [0.1, 0.15) is 18.5 Å². The Kier molecular flexibility index (Phi) is 5.22. The minimum Gasteiger partial charge on any atom is -0.342 e. The van der Waals surface area contributed by atoms with Gasteiger partial charge in [0, 0.05) is 50.2 Å². The fraction of sp³-hybridized carbons (Fsp3) is 0.421. The van der Waals surface area contributed by atoms with E-state index in [4.69, 9.17) is 0 Å². The molecule has 1 atom stereocenters. The molecule has 0 aliphatic carbocycles. The van der Waals surface area contributed by atoms with E-state index in [-0.39, 0.29) is 11.8 Å². The van der Waals surface area contributed by atoms with Gasteiger partial charge in [0.2, 0.25) is 5.91 Å². The lowest BCUT2D eigenvalue weighted by Gasteiger charge is -2.32. The molecule has 4 rings (SSSR count). The molecule has 0 saturated carbocycles. The van der Waals surface area contributed by atoms with Crippen molar-refractivity contribution in [2.75, 3.05) is 13.1 Å². The summed E-state index contributed by atoms with van der Waals surface area (Å²) in [6, 6.07) is 4.01. The number of hydrogen-bond donors (Lipinski definition) is 0. The molecule has 3 aromatic rings. The first-order valence-corrected chi connectivity index (χ1v) is 9.30. The van der Waals surface area contributed by atoms with E-state index in [9.17, 15) is 4.79 Å². The van der Waals surface area contributed by atoms with E-state index in [1.165, 1.54) is 6.33 Å². The number of likely N-dealkylation sites (tertiary alicyclic amines) is 1. The first kappa shape index (κ1) is 17.4. The van der Waals surface area contributed by atoms with E-state index >= 15 is 0 Å². The normalized spacial score (nSPS) is 17.2. The van der Waals surface area contributed by atoms with Crippen LogP contribution < -0.4 is 0 Å². The van der Waals surface area contributed by atoms with Crippen LogP contribution in [0.3, 0.4) is 0 Å². The van der Waals surface area contributed by atoms with Gasteiger partial charge in [-0.15, -0.1) is 0 Å². The second-order valence-electron chi connectivity index (χ2n) is 6.86. The second-order valence-corrected chi connectivity index (χ2v) is 6.86. The van der Waals surface area contributed by atoms with Gasteiger partial charge in [0.25, 0.3) is 0 Å². The van der Waals surface area contributed by atoms with E-state index in [0.29, 0.717) is 13.0 Å². The summed E-state index contributed by atoms with van der Waals surface area (Å²) < 4.78 is 3.87. The molecule has 8 nitrogen and oxygen atoms in total. The predicted octanol–water partition coefficient (Wildman–Crippen LogP) is 1.71. The number of nitrogens with zero attached hydrogens (tertiary/aromatic N) is 7. The Morgan fingerprint density at radius 2 is 2.22 bits per heavy atom. The number of aromatic nitrogens is 6. The van der Waals surface area contributed by atoms with Crippen LogP contribution in [0.4, 0.5) is 0 Å². The highest BCUT2D eigenvalue weighted by Gasteiger charge is 2.27. The monoisotopic (exact) mass is 365 g/mol. The smallest absolute Gasteiger partial charge is 0.224 e. The van der Waals surface area contributed by atoms with Crippen molar-refractivity contribution in [3.63, 3.8) is 0 Å². The molecular formula is C19H23N7O. The molecule has 0 bridgehead atoms. The zero-order chi connectivity index (χ0) is 18.5. The first-order chi connectivity index (χ1) is 13.3. The lowest BCUT2D eigenvalue weighted by Crippen LogP contribution is -2.40. The minimum absolute atomic E-state index is 0.167. The molecule has 1 aliphatic rings. The van der Waals surface area contributed by atoms with Crippen LogP contribution in [0.15, 0.2) is 49.6 Å². The van der Waals surface area contributed by atoms with Gasteiger partial charge in [-0.05, 0) is 24.5 Å². The zero-order valence-corrected chi connectivity index (χ0v) is 15.2. The summed E-state index contributed by atoms with van der Waals surface area (Å²) in [6.45, 7) is 2.85. The highest BCUT2D eigenvalue weighted by atomic mass is 16.2. The molecule has 1 aliphatic heterocycles. The molecule has 140 valence electrons. The van der Waals surface area contributed by atoms with Crippen LogP contribution in [0.25, 0.3) is 0 Å². The average molecular weight is 365 g/mol. The number of piperidine rings is 1. The van der Waals surface area contributed by atoms with Crippen molar-refractivity contribution < 1.29 is 4.79 Å². The van der Waals surface area contributed by atoms with Gasteiger partial charge in [-0.3, -0.25) is 14.5 Å². The molecule has 0 N–H and O–H groups in total. The summed E-state index contributed by atoms with van der Waals surface area (Å²) in [5, 5.41) is 4.06. The maximum Gasteiger partial charge on any atom is 0.224 e. The molecule has 1 saturated heterocycles. The molecule has 8 heteroatoms. The van der Waals surface area contributed by atoms with Crippen LogP contribution in [0.1, 0.15) is 36.6 Å². The largest absolute Gasteiger partial charge is 0.342 e. The SMILES string of the molecule is O=C(CCn1cncn1)N1CCC[C@@H](c2nccn2Cc2cccnc2)C1. The molecule has 0 aromatic carbocycles. The zero-order valence-electron chi connectivity index (χ0n) is 15.2. The summed E-state index contributed by atoms with van der Waals surface area (Å²) in [7, 11) is 0. The number of hydrogen-bond acceptors (Lipinski definition) is 5. The Balaban J connectivity index is 1.40. The number of amides is 1. The fourth-order valence-electron chi connectivity index (χ4n) is 3.63. The highest BCUT2D eigenvalue weighted by molar-refractivity contribution is 5.76. The lowest BCUT2D eigenvalue weighted by molar-refractivity contribution is -0.132. The molecule has 1 amide bonds. The Labute approximate surface area is 157 Å². The molecular weight excluding hydrogens is 342 g/mol.